The molecule has 0 aromatic heterocycles. The van der Waals surface area contributed by atoms with Crippen molar-refractivity contribution in [2.24, 2.45) is 0 Å². The van der Waals surface area contributed by atoms with Crippen LogP contribution in [0.1, 0.15) is 79.6 Å². The highest BCUT2D eigenvalue weighted by molar-refractivity contribution is 4.95. The monoisotopic (exact) mass is 296 g/mol. The number of rotatable bonds is 14. The van der Waals surface area contributed by atoms with Gasteiger partial charge in [0.15, 0.2) is 0 Å². The summed E-state index contributed by atoms with van der Waals surface area (Å²) in [6, 6.07) is 0.603. The third-order valence-corrected chi connectivity index (χ3v) is 4.99. The van der Waals surface area contributed by atoms with Gasteiger partial charge in [0.05, 0.1) is 0 Å². The summed E-state index contributed by atoms with van der Waals surface area (Å²) < 4.78 is 0. The van der Waals surface area contributed by atoms with Crippen molar-refractivity contribution in [3.8, 4) is 0 Å². The van der Waals surface area contributed by atoms with E-state index in [1.165, 1.54) is 38.5 Å². The molecule has 1 N–H and O–H groups in total. The molecule has 0 rings (SSSR count). The minimum Gasteiger partial charge on any atom is -0.312 e. The number of nitrogens with one attached hydrogen (secondary N) is 1. The third-order valence-electron chi connectivity index (χ3n) is 4.99. The van der Waals surface area contributed by atoms with E-state index in [0.29, 0.717) is 6.04 Å². The Morgan fingerprint density at radius 2 is 1.76 bits per heavy atom. The molecule has 2 unspecified atom stereocenters. The molecular weight excluding hydrogens is 256 g/mol. The Hall–Kier alpha value is -0.340. The van der Waals surface area contributed by atoms with E-state index in [9.17, 15) is 0 Å². The number of likely N-dealkylation sites (N-methyl/N-ethyl adjacent to an activating group) is 1. The van der Waals surface area contributed by atoms with E-state index in [1.54, 1.807) is 0 Å². The normalized spacial score (nSPS) is 15.9. The van der Waals surface area contributed by atoms with E-state index in [2.05, 4.69) is 51.4 Å². The highest BCUT2D eigenvalue weighted by Crippen LogP contribution is 2.27. The summed E-state index contributed by atoms with van der Waals surface area (Å²) in [6.07, 6.45) is 10.9. The highest BCUT2D eigenvalue weighted by Gasteiger charge is 2.35. The number of allylic oxidation sites excluding steroid dienone is 1. The number of unbranched alkanes of at least 4 members (excludes halogenated alkanes) is 3. The lowest BCUT2D eigenvalue weighted by atomic mass is 9.83. The first-order chi connectivity index (χ1) is 10.1. The Labute approximate surface area is 134 Å². The van der Waals surface area contributed by atoms with Crippen molar-refractivity contribution in [3.63, 3.8) is 0 Å². The molecule has 0 heterocycles. The summed E-state index contributed by atoms with van der Waals surface area (Å²) >= 11 is 0. The van der Waals surface area contributed by atoms with Crippen molar-refractivity contribution in [3.05, 3.63) is 12.7 Å². The Balaban J connectivity index is 4.69. The maximum atomic E-state index is 3.84. The molecule has 0 saturated heterocycles. The molecule has 0 amide bonds. The lowest BCUT2D eigenvalue weighted by Crippen LogP contribution is -2.59. The van der Waals surface area contributed by atoms with Crippen molar-refractivity contribution in [2.75, 3.05) is 19.6 Å². The molecule has 0 aromatic rings. The van der Waals surface area contributed by atoms with E-state index >= 15 is 0 Å². The van der Waals surface area contributed by atoms with Crippen molar-refractivity contribution in [1.82, 2.24) is 10.2 Å². The average molecular weight is 297 g/mol. The maximum Gasteiger partial charge on any atom is 0.0331 e. The highest BCUT2D eigenvalue weighted by atomic mass is 15.2. The molecule has 0 radical (unpaired) electrons. The second-order valence-electron chi connectivity index (χ2n) is 6.32. The van der Waals surface area contributed by atoms with Crippen LogP contribution in [-0.2, 0) is 0 Å². The first kappa shape index (κ1) is 20.7. The SMILES string of the molecule is C=CCCCCCC(NCCC)C(C)(CC)N(CC)CC. The van der Waals surface area contributed by atoms with E-state index in [0.717, 1.165) is 26.1 Å². The lowest BCUT2D eigenvalue weighted by Gasteiger charge is -2.46. The Kier molecular flexibility index (Phi) is 12.0. The van der Waals surface area contributed by atoms with Gasteiger partial charge in [-0.1, -0.05) is 46.6 Å². The molecule has 0 saturated carbocycles. The first-order valence-electron chi connectivity index (χ1n) is 9.19. The summed E-state index contributed by atoms with van der Waals surface area (Å²) in [7, 11) is 0. The quantitative estimate of drug-likeness (QED) is 0.358. The van der Waals surface area contributed by atoms with Crippen LogP contribution in [0.3, 0.4) is 0 Å². The predicted octanol–water partition coefficient (Wildman–Crippen LogP) is 5.00. The standard InChI is InChI=1S/C19H40N2/c1-7-12-13-14-15-16-18(20-17-8-2)19(6,9-3)21(10-4)11-5/h7,18,20H,1,8-17H2,2-6H3. The zero-order chi connectivity index (χ0) is 16.1. The summed E-state index contributed by atoms with van der Waals surface area (Å²) in [5, 5.41) is 3.84. The van der Waals surface area contributed by atoms with Crippen LogP contribution in [0.15, 0.2) is 12.7 Å². The van der Waals surface area contributed by atoms with Gasteiger partial charge < -0.3 is 5.32 Å². The Bertz CT molecular complexity index is 248. The summed E-state index contributed by atoms with van der Waals surface area (Å²) in [4.78, 5) is 2.64. The van der Waals surface area contributed by atoms with Crippen LogP contribution in [0.4, 0.5) is 0 Å². The van der Waals surface area contributed by atoms with Gasteiger partial charge in [-0.2, -0.15) is 0 Å². The molecule has 21 heavy (non-hydrogen) atoms. The van der Waals surface area contributed by atoms with Crippen LogP contribution < -0.4 is 5.32 Å². The third kappa shape index (κ3) is 6.97. The van der Waals surface area contributed by atoms with Crippen molar-refractivity contribution >= 4 is 0 Å². The fourth-order valence-corrected chi connectivity index (χ4v) is 3.40. The second kappa shape index (κ2) is 12.2. The molecule has 2 heteroatoms. The largest absolute Gasteiger partial charge is 0.312 e. The zero-order valence-electron chi connectivity index (χ0n) is 15.4. The second-order valence-corrected chi connectivity index (χ2v) is 6.32. The molecule has 0 bridgehead atoms. The van der Waals surface area contributed by atoms with Gasteiger partial charge in [0.25, 0.3) is 0 Å². The van der Waals surface area contributed by atoms with Crippen LogP contribution in [0.5, 0.6) is 0 Å². The first-order valence-corrected chi connectivity index (χ1v) is 9.19. The number of nitrogens with zero attached hydrogens (tertiary/aromatic N) is 1. The zero-order valence-corrected chi connectivity index (χ0v) is 15.4. The van der Waals surface area contributed by atoms with Crippen LogP contribution in [0, 0.1) is 0 Å². The average Bonchev–Trinajstić information content (AvgIpc) is 2.50. The minimum atomic E-state index is 0.275. The molecule has 0 fully saturated rings. The fraction of sp³-hybridized carbons (Fsp3) is 0.895. The maximum absolute atomic E-state index is 3.84. The molecule has 0 spiro atoms. The van der Waals surface area contributed by atoms with Crippen LogP contribution in [0.2, 0.25) is 0 Å². The van der Waals surface area contributed by atoms with Gasteiger partial charge in [0.1, 0.15) is 0 Å². The van der Waals surface area contributed by atoms with Crippen LogP contribution >= 0.6 is 0 Å². The van der Waals surface area contributed by atoms with Gasteiger partial charge in [0, 0.05) is 11.6 Å². The Morgan fingerprint density at radius 3 is 2.24 bits per heavy atom. The molecule has 2 nitrogen and oxygen atoms in total. The van der Waals surface area contributed by atoms with Gasteiger partial charge in [-0.15, -0.1) is 6.58 Å². The van der Waals surface area contributed by atoms with Gasteiger partial charge in [-0.25, -0.2) is 0 Å². The van der Waals surface area contributed by atoms with Gasteiger partial charge in [-0.3, -0.25) is 4.90 Å². The smallest absolute Gasteiger partial charge is 0.0331 e. The molecular formula is C19H40N2. The molecule has 0 aliphatic carbocycles. The number of hydrogen-bond donors (Lipinski definition) is 1. The topological polar surface area (TPSA) is 15.3 Å². The van der Waals surface area contributed by atoms with Crippen molar-refractivity contribution in [1.29, 1.82) is 0 Å². The van der Waals surface area contributed by atoms with E-state index < -0.39 is 0 Å². The molecule has 126 valence electrons. The van der Waals surface area contributed by atoms with Gasteiger partial charge in [-0.05, 0) is 58.7 Å². The predicted molar refractivity (Wildman–Crippen MR) is 97.0 cm³/mol. The number of hydrogen-bond acceptors (Lipinski definition) is 2. The van der Waals surface area contributed by atoms with Crippen molar-refractivity contribution < 1.29 is 0 Å². The van der Waals surface area contributed by atoms with Gasteiger partial charge in [0.2, 0.25) is 0 Å². The fourth-order valence-electron chi connectivity index (χ4n) is 3.40. The lowest BCUT2D eigenvalue weighted by molar-refractivity contribution is 0.0656. The van der Waals surface area contributed by atoms with E-state index in [1.807, 2.05) is 6.08 Å². The molecule has 0 aliphatic rings. The molecule has 2 atom stereocenters. The van der Waals surface area contributed by atoms with Gasteiger partial charge >= 0.3 is 0 Å². The summed E-state index contributed by atoms with van der Waals surface area (Å²) in [5.41, 5.74) is 0.275. The van der Waals surface area contributed by atoms with Crippen LogP contribution in [0.25, 0.3) is 0 Å². The molecule has 0 aromatic carbocycles. The molecule has 0 aliphatic heterocycles. The summed E-state index contributed by atoms with van der Waals surface area (Å²) in [5.74, 6) is 0. The Morgan fingerprint density at radius 1 is 1.10 bits per heavy atom. The van der Waals surface area contributed by atoms with Crippen molar-refractivity contribution in [2.45, 2.75) is 91.1 Å². The van der Waals surface area contributed by atoms with Crippen LogP contribution in [-0.4, -0.2) is 36.1 Å². The minimum absolute atomic E-state index is 0.275. The summed E-state index contributed by atoms with van der Waals surface area (Å²) in [6.45, 7) is 18.9. The van der Waals surface area contributed by atoms with E-state index in [-0.39, 0.29) is 5.54 Å². The van der Waals surface area contributed by atoms with E-state index in [4.69, 9.17) is 0 Å².